The smallest absolute Gasteiger partial charge is 0.263 e. The largest absolute Gasteiger partial charge is 0.473 e. The molecule has 1 amide bonds. The van der Waals surface area contributed by atoms with Gasteiger partial charge in [-0.15, -0.1) is 5.10 Å². The van der Waals surface area contributed by atoms with E-state index >= 15 is 0 Å². The molecule has 192 valence electrons. The molecule has 1 N–H and O–H groups in total. The highest BCUT2D eigenvalue weighted by atomic mass is 32.2. The van der Waals surface area contributed by atoms with Gasteiger partial charge in [0.15, 0.2) is 0 Å². The van der Waals surface area contributed by atoms with Gasteiger partial charge >= 0.3 is 0 Å². The first-order valence-electron chi connectivity index (χ1n) is 11.9. The van der Waals surface area contributed by atoms with E-state index in [-0.39, 0.29) is 30.6 Å². The molecule has 1 aromatic carbocycles. The lowest BCUT2D eigenvalue weighted by atomic mass is 10.1. The second kappa shape index (κ2) is 9.24. The number of nitrogens with one attached hydrogen (secondary N) is 1. The third-order valence-electron chi connectivity index (χ3n) is 7.04. The van der Waals surface area contributed by atoms with Gasteiger partial charge in [-0.1, -0.05) is 12.1 Å². The Morgan fingerprint density at radius 1 is 1.30 bits per heavy atom. The molecular formula is C25H26N6O5S. The molecule has 0 bridgehead atoms. The minimum absolute atomic E-state index is 0.0391. The van der Waals surface area contributed by atoms with Crippen molar-refractivity contribution in [1.29, 1.82) is 5.26 Å². The predicted octanol–water partition coefficient (Wildman–Crippen LogP) is 1.47. The third kappa shape index (κ3) is 4.56. The van der Waals surface area contributed by atoms with Crippen LogP contribution in [0.15, 0.2) is 41.3 Å². The number of aromatic nitrogens is 3. The molecule has 0 saturated heterocycles. The lowest BCUT2D eigenvalue weighted by Gasteiger charge is -2.24. The number of hydrogen-bond donors (Lipinski definition) is 1. The second-order valence-electron chi connectivity index (χ2n) is 9.59. The van der Waals surface area contributed by atoms with Gasteiger partial charge in [0.2, 0.25) is 10.0 Å². The number of carbonyl (C=O) groups is 1. The molecule has 0 aliphatic heterocycles. The number of hydrogen-bond acceptors (Lipinski definition) is 8. The monoisotopic (exact) mass is 522 g/mol. The van der Waals surface area contributed by atoms with E-state index in [0.29, 0.717) is 29.3 Å². The summed E-state index contributed by atoms with van der Waals surface area (Å²) in [4.78, 5) is 25.9. The van der Waals surface area contributed by atoms with Gasteiger partial charge < -0.3 is 14.6 Å². The van der Waals surface area contributed by atoms with Gasteiger partial charge in [-0.05, 0) is 49.4 Å². The molecule has 5 rings (SSSR count). The average molecular weight is 523 g/mol. The summed E-state index contributed by atoms with van der Waals surface area (Å²) in [6.07, 6.45) is 4.14. The van der Waals surface area contributed by atoms with Crippen LogP contribution in [0.1, 0.15) is 47.2 Å². The van der Waals surface area contributed by atoms with Crippen LogP contribution in [-0.4, -0.2) is 57.8 Å². The molecule has 3 aromatic rings. The Hall–Kier alpha value is -3.82. The molecule has 0 atom stereocenters. The summed E-state index contributed by atoms with van der Waals surface area (Å²) in [6, 6.07) is 10.3. The number of carbonyl (C=O) groups excluding carboxylic acids is 1. The fraction of sp³-hybridized carbons (Fsp3) is 0.400. The van der Waals surface area contributed by atoms with Crippen molar-refractivity contribution in [1.82, 2.24) is 24.4 Å². The summed E-state index contributed by atoms with van der Waals surface area (Å²) in [6.45, 7) is 0.0851. The van der Waals surface area contributed by atoms with Gasteiger partial charge in [0.25, 0.3) is 17.3 Å². The van der Waals surface area contributed by atoms with Gasteiger partial charge in [0.05, 0.1) is 17.8 Å². The molecule has 2 aromatic heterocycles. The molecule has 2 heterocycles. The lowest BCUT2D eigenvalue weighted by molar-refractivity contribution is 0.0949. The number of aryl methyl sites for hydroxylation is 1. The van der Waals surface area contributed by atoms with Gasteiger partial charge in [-0.3, -0.25) is 9.59 Å². The minimum atomic E-state index is -3.53. The zero-order chi connectivity index (χ0) is 26.4. The molecule has 12 heteroatoms. The normalized spacial score (nSPS) is 16.4. The van der Waals surface area contributed by atoms with E-state index in [0.717, 1.165) is 18.4 Å². The van der Waals surface area contributed by atoms with Crippen LogP contribution in [-0.2, 0) is 23.6 Å². The van der Waals surface area contributed by atoms with Crippen LogP contribution < -0.4 is 15.6 Å². The maximum atomic E-state index is 13.1. The Bertz CT molecular complexity index is 1580. The molecule has 2 saturated carbocycles. The molecule has 37 heavy (non-hydrogen) atoms. The molecule has 2 fully saturated rings. The number of sulfonamides is 1. The molecule has 0 radical (unpaired) electrons. The number of amides is 1. The lowest BCUT2D eigenvalue weighted by Crippen LogP contribution is -2.42. The Morgan fingerprint density at radius 3 is 2.62 bits per heavy atom. The highest BCUT2D eigenvalue weighted by molar-refractivity contribution is 7.90. The summed E-state index contributed by atoms with van der Waals surface area (Å²) in [7, 11) is -0.420. The van der Waals surface area contributed by atoms with Crippen LogP contribution in [0.2, 0.25) is 0 Å². The summed E-state index contributed by atoms with van der Waals surface area (Å²) >= 11 is 0. The Morgan fingerprint density at radius 2 is 2.00 bits per heavy atom. The first kappa shape index (κ1) is 24.9. The molecule has 0 spiro atoms. The van der Waals surface area contributed by atoms with Crippen LogP contribution in [0.5, 0.6) is 5.88 Å². The molecular weight excluding hydrogens is 496 g/mol. The van der Waals surface area contributed by atoms with Crippen LogP contribution in [0.3, 0.4) is 0 Å². The topological polar surface area (TPSA) is 147 Å². The minimum Gasteiger partial charge on any atom is -0.473 e. The van der Waals surface area contributed by atoms with E-state index in [1.54, 1.807) is 31.3 Å². The third-order valence-corrected chi connectivity index (χ3v) is 9.72. The van der Waals surface area contributed by atoms with E-state index < -0.39 is 26.2 Å². The molecule has 2 aliphatic rings. The fourth-order valence-corrected chi connectivity index (χ4v) is 6.35. The van der Waals surface area contributed by atoms with Crippen LogP contribution in [0, 0.1) is 11.3 Å². The number of ether oxygens (including phenoxy) is 1. The first-order chi connectivity index (χ1) is 17.7. The van der Waals surface area contributed by atoms with Crippen molar-refractivity contribution < 1.29 is 17.9 Å². The van der Waals surface area contributed by atoms with Crippen molar-refractivity contribution in [2.75, 3.05) is 13.7 Å². The van der Waals surface area contributed by atoms with Crippen LogP contribution in [0.4, 0.5) is 0 Å². The van der Waals surface area contributed by atoms with Crippen molar-refractivity contribution in [3.8, 4) is 11.9 Å². The molecule has 0 unspecified atom stereocenters. The van der Waals surface area contributed by atoms with Crippen LogP contribution >= 0.6 is 0 Å². The van der Waals surface area contributed by atoms with E-state index in [9.17, 15) is 18.0 Å². The van der Waals surface area contributed by atoms with Gasteiger partial charge in [-0.25, -0.2) is 12.7 Å². The van der Waals surface area contributed by atoms with E-state index in [2.05, 4.69) is 15.5 Å². The number of nitrogens with zero attached hydrogens (tertiary/aromatic N) is 5. The van der Waals surface area contributed by atoms with Gasteiger partial charge in [0.1, 0.15) is 22.4 Å². The Kier molecular flexibility index (Phi) is 6.21. The van der Waals surface area contributed by atoms with Gasteiger partial charge in [0, 0.05) is 32.1 Å². The number of nitriles is 1. The quantitative estimate of drug-likeness (QED) is 0.444. The Labute approximate surface area is 213 Å². The molecule has 2 aliphatic carbocycles. The average Bonchev–Trinajstić information content (AvgIpc) is 3.82. The van der Waals surface area contributed by atoms with Crippen molar-refractivity contribution in [3.63, 3.8) is 0 Å². The zero-order valence-electron chi connectivity index (χ0n) is 20.5. The summed E-state index contributed by atoms with van der Waals surface area (Å²) < 4.78 is 33.8. The Balaban J connectivity index is 1.36. The summed E-state index contributed by atoms with van der Waals surface area (Å²) in [5, 5.41) is 20.0. The number of pyridine rings is 1. The fourth-order valence-electron chi connectivity index (χ4n) is 4.31. The van der Waals surface area contributed by atoms with E-state index in [1.807, 2.05) is 6.07 Å². The zero-order valence-corrected chi connectivity index (χ0v) is 21.3. The maximum absolute atomic E-state index is 13.1. The van der Waals surface area contributed by atoms with Crippen molar-refractivity contribution in [3.05, 3.63) is 63.6 Å². The number of fused-ring (bicyclic) bond motifs is 1. The maximum Gasteiger partial charge on any atom is 0.263 e. The van der Waals surface area contributed by atoms with Crippen molar-refractivity contribution in [2.45, 2.75) is 43.0 Å². The van der Waals surface area contributed by atoms with E-state index in [1.165, 1.54) is 28.2 Å². The standard InChI is InChI=1S/C25H26N6O5S/c1-30-21-18(11-20(24(30)33)22(32)27-13-17-5-3-16(12-26)4-6-17)14-28-29-23(21)36-15-25(9-10-25)37(34,35)31(2)19-7-8-19/h3-6,11,14,19H,7-10,13,15H2,1-2H3,(H,27,32). The van der Waals surface area contributed by atoms with Crippen molar-refractivity contribution >= 4 is 26.8 Å². The highest BCUT2D eigenvalue weighted by Gasteiger charge is 2.58. The first-order valence-corrected chi connectivity index (χ1v) is 13.3. The van der Waals surface area contributed by atoms with Crippen LogP contribution in [0.25, 0.3) is 10.9 Å². The summed E-state index contributed by atoms with van der Waals surface area (Å²) in [5.74, 6) is -0.519. The summed E-state index contributed by atoms with van der Waals surface area (Å²) in [5.41, 5.74) is 0.993. The second-order valence-corrected chi connectivity index (χ2v) is 12.0. The number of benzene rings is 1. The molecule has 11 nitrogen and oxygen atoms in total. The SMILES string of the molecule is CN(C1CC1)S(=O)(=O)C1(COc2nncc3cc(C(=O)NCc4ccc(C#N)cc4)c(=O)n(C)c23)CC1. The highest BCUT2D eigenvalue weighted by Crippen LogP contribution is 2.47. The van der Waals surface area contributed by atoms with Gasteiger partial charge in [-0.2, -0.15) is 10.4 Å². The van der Waals surface area contributed by atoms with E-state index in [4.69, 9.17) is 10.00 Å². The predicted molar refractivity (Wildman–Crippen MR) is 134 cm³/mol. The van der Waals surface area contributed by atoms with Crippen molar-refractivity contribution in [2.24, 2.45) is 7.05 Å². The number of rotatable bonds is 9.